The molecule has 0 aromatic heterocycles. The third kappa shape index (κ3) is 2.84. The van der Waals surface area contributed by atoms with Crippen LogP contribution in [0.25, 0.3) is 0 Å². The van der Waals surface area contributed by atoms with E-state index in [1.807, 2.05) is 4.90 Å². The number of likely N-dealkylation sites (tertiary alicyclic amines) is 1. The Bertz CT molecular complexity index is 146. The molecule has 0 saturated carbocycles. The Hall–Kier alpha value is -0.530. The molecule has 0 aliphatic carbocycles. The van der Waals surface area contributed by atoms with Crippen LogP contribution in [0.5, 0.6) is 0 Å². The van der Waals surface area contributed by atoms with E-state index in [0.717, 1.165) is 19.0 Å². The summed E-state index contributed by atoms with van der Waals surface area (Å²) in [5, 5.41) is 0. The Morgan fingerprint density at radius 1 is 1.25 bits per heavy atom. The third-order valence-electron chi connectivity index (χ3n) is 2.70. The molecule has 2 heteroatoms. The molecule has 0 radical (unpaired) electrons. The molecular formula is C10H19NO. The average Bonchev–Trinajstić information content (AvgIpc) is 1.95. The first-order chi connectivity index (χ1) is 5.70. The van der Waals surface area contributed by atoms with Crippen LogP contribution in [0.3, 0.4) is 0 Å². The minimum atomic E-state index is 0.240. The highest BCUT2D eigenvalue weighted by Gasteiger charge is 2.12. The first kappa shape index (κ1) is 9.56. The predicted octanol–water partition coefficient (Wildman–Crippen LogP) is 2.04. The topological polar surface area (TPSA) is 20.3 Å². The minimum absolute atomic E-state index is 0.240. The number of hydrogen-bond acceptors (Lipinski definition) is 1. The minimum Gasteiger partial charge on any atom is -0.343 e. The molecular weight excluding hydrogens is 150 g/mol. The Balaban J connectivity index is 2.35. The predicted molar refractivity (Wildman–Crippen MR) is 49.9 cm³/mol. The summed E-state index contributed by atoms with van der Waals surface area (Å²) in [6.45, 7) is 5.92. The second kappa shape index (κ2) is 4.48. The van der Waals surface area contributed by atoms with Gasteiger partial charge < -0.3 is 4.90 Å². The van der Waals surface area contributed by atoms with Crippen LogP contribution in [-0.2, 0) is 4.79 Å². The summed E-state index contributed by atoms with van der Waals surface area (Å²) >= 11 is 0. The van der Waals surface area contributed by atoms with Crippen LogP contribution >= 0.6 is 0 Å². The molecule has 12 heavy (non-hydrogen) atoms. The van der Waals surface area contributed by atoms with Crippen molar-refractivity contribution in [2.24, 2.45) is 5.92 Å². The Morgan fingerprint density at radius 2 is 1.75 bits per heavy atom. The van der Waals surface area contributed by atoms with E-state index in [2.05, 4.69) is 6.92 Å². The summed E-state index contributed by atoms with van der Waals surface area (Å²) in [6, 6.07) is 0. The second-order valence-electron chi connectivity index (χ2n) is 3.90. The normalized spacial score (nSPS) is 21.7. The molecule has 70 valence electrons. The molecule has 1 amide bonds. The highest BCUT2D eigenvalue weighted by Crippen LogP contribution is 2.16. The SMILES string of the molecule is CC(=O)N1CCCC(C)CCC1. The zero-order valence-corrected chi connectivity index (χ0v) is 8.18. The largest absolute Gasteiger partial charge is 0.343 e. The van der Waals surface area contributed by atoms with E-state index >= 15 is 0 Å². The van der Waals surface area contributed by atoms with Crippen molar-refractivity contribution in [3.05, 3.63) is 0 Å². The molecule has 0 atom stereocenters. The van der Waals surface area contributed by atoms with Crippen LogP contribution < -0.4 is 0 Å². The maximum atomic E-state index is 11.1. The first-order valence-corrected chi connectivity index (χ1v) is 4.95. The van der Waals surface area contributed by atoms with Crippen molar-refractivity contribution >= 4 is 5.91 Å². The lowest BCUT2D eigenvalue weighted by atomic mass is 9.97. The number of carbonyl (C=O) groups is 1. The molecule has 0 unspecified atom stereocenters. The molecule has 1 fully saturated rings. The van der Waals surface area contributed by atoms with Gasteiger partial charge in [0.2, 0.25) is 5.91 Å². The highest BCUT2D eigenvalue weighted by atomic mass is 16.2. The van der Waals surface area contributed by atoms with Gasteiger partial charge in [-0.2, -0.15) is 0 Å². The molecule has 1 aliphatic rings. The van der Waals surface area contributed by atoms with Crippen LogP contribution in [-0.4, -0.2) is 23.9 Å². The van der Waals surface area contributed by atoms with Gasteiger partial charge in [-0.25, -0.2) is 0 Å². The summed E-state index contributed by atoms with van der Waals surface area (Å²) in [5.41, 5.74) is 0. The quantitative estimate of drug-likeness (QED) is 0.543. The fourth-order valence-corrected chi connectivity index (χ4v) is 1.83. The molecule has 1 saturated heterocycles. The van der Waals surface area contributed by atoms with Gasteiger partial charge in [0.25, 0.3) is 0 Å². The standard InChI is InChI=1S/C10H19NO/c1-9-5-3-7-11(10(2)12)8-4-6-9/h9H,3-8H2,1-2H3. The number of nitrogens with zero attached hydrogens (tertiary/aromatic N) is 1. The van der Waals surface area contributed by atoms with E-state index in [0.29, 0.717) is 0 Å². The summed E-state index contributed by atoms with van der Waals surface area (Å²) < 4.78 is 0. The van der Waals surface area contributed by atoms with Crippen molar-refractivity contribution in [3.63, 3.8) is 0 Å². The van der Waals surface area contributed by atoms with Crippen molar-refractivity contribution in [1.82, 2.24) is 4.90 Å². The van der Waals surface area contributed by atoms with Gasteiger partial charge in [-0.05, 0) is 31.6 Å². The number of carbonyl (C=O) groups excluding carboxylic acids is 1. The van der Waals surface area contributed by atoms with Gasteiger partial charge in [-0.1, -0.05) is 6.92 Å². The van der Waals surface area contributed by atoms with E-state index in [9.17, 15) is 4.79 Å². The van der Waals surface area contributed by atoms with Gasteiger partial charge in [-0.15, -0.1) is 0 Å². The van der Waals surface area contributed by atoms with Crippen molar-refractivity contribution in [1.29, 1.82) is 0 Å². The van der Waals surface area contributed by atoms with Crippen LogP contribution in [0.4, 0.5) is 0 Å². The molecule has 0 spiro atoms. The molecule has 0 aromatic rings. The van der Waals surface area contributed by atoms with Gasteiger partial charge in [-0.3, -0.25) is 4.79 Å². The summed E-state index contributed by atoms with van der Waals surface area (Å²) in [6.07, 6.45) is 4.93. The highest BCUT2D eigenvalue weighted by molar-refractivity contribution is 5.73. The van der Waals surface area contributed by atoms with Gasteiger partial charge >= 0.3 is 0 Å². The average molecular weight is 169 g/mol. The third-order valence-corrected chi connectivity index (χ3v) is 2.70. The van der Waals surface area contributed by atoms with E-state index in [-0.39, 0.29) is 5.91 Å². The molecule has 2 nitrogen and oxygen atoms in total. The van der Waals surface area contributed by atoms with Crippen LogP contribution in [0.1, 0.15) is 39.5 Å². The summed E-state index contributed by atoms with van der Waals surface area (Å²) in [7, 11) is 0. The molecule has 0 bridgehead atoms. The molecule has 1 rings (SSSR count). The number of amides is 1. The molecule has 1 heterocycles. The Morgan fingerprint density at radius 3 is 2.17 bits per heavy atom. The zero-order valence-electron chi connectivity index (χ0n) is 8.18. The zero-order chi connectivity index (χ0) is 8.97. The maximum absolute atomic E-state index is 11.1. The molecule has 0 N–H and O–H groups in total. The Kier molecular flexibility index (Phi) is 3.57. The second-order valence-corrected chi connectivity index (χ2v) is 3.90. The van der Waals surface area contributed by atoms with Gasteiger partial charge in [0, 0.05) is 20.0 Å². The van der Waals surface area contributed by atoms with E-state index in [4.69, 9.17) is 0 Å². The van der Waals surface area contributed by atoms with E-state index in [1.165, 1.54) is 25.7 Å². The van der Waals surface area contributed by atoms with Gasteiger partial charge in [0.1, 0.15) is 0 Å². The monoisotopic (exact) mass is 169 g/mol. The van der Waals surface area contributed by atoms with E-state index < -0.39 is 0 Å². The van der Waals surface area contributed by atoms with Crippen LogP contribution in [0, 0.1) is 5.92 Å². The molecule has 1 aliphatic heterocycles. The lowest BCUT2D eigenvalue weighted by Gasteiger charge is -2.25. The van der Waals surface area contributed by atoms with Gasteiger partial charge in [0.05, 0.1) is 0 Å². The van der Waals surface area contributed by atoms with Crippen LogP contribution in [0.2, 0.25) is 0 Å². The maximum Gasteiger partial charge on any atom is 0.219 e. The number of rotatable bonds is 0. The molecule has 0 aromatic carbocycles. The lowest BCUT2D eigenvalue weighted by Crippen LogP contribution is -2.32. The summed E-state index contributed by atoms with van der Waals surface area (Å²) in [5.74, 6) is 1.10. The van der Waals surface area contributed by atoms with Crippen molar-refractivity contribution in [2.45, 2.75) is 39.5 Å². The van der Waals surface area contributed by atoms with Crippen LogP contribution in [0.15, 0.2) is 0 Å². The van der Waals surface area contributed by atoms with Crippen molar-refractivity contribution in [2.75, 3.05) is 13.1 Å². The summed E-state index contributed by atoms with van der Waals surface area (Å²) in [4.78, 5) is 13.0. The first-order valence-electron chi connectivity index (χ1n) is 4.95. The lowest BCUT2D eigenvalue weighted by molar-refractivity contribution is -0.129. The Labute approximate surface area is 74.9 Å². The number of hydrogen-bond donors (Lipinski definition) is 0. The smallest absolute Gasteiger partial charge is 0.219 e. The van der Waals surface area contributed by atoms with E-state index in [1.54, 1.807) is 6.92 Å². The fourth-order valence-electron chi connectivity index (χ4n) is 1.83. The van der Waals surface area contributed by atoms with Crippen molar-refractivity contribution in [3.8, 4) is 0 Å². The van der Waals surface area contributed by atoms with Crippen molar-refractivity contribution < 1.29 is 4.79 Å². The van der Waals surface area contributed by atoms with Gasteiger partial charge in [0.15, 0.2) is 0 Å². The fraction of sp³-hybridized carbons (Fsp3) is 0.900.